The monoisotopic (exact) mass is 379 g/mol. The van der Waals surface area contributed by atoms with Gasteiger partial charge in [0, 0.05) is 44.2 Å². The lowest BCUT2D eigenvalue weighted by molar-refractivity contribution is 0.170. The summed E-state index contributed by atoms with van der Waals surface area (Å²) in [5, 5.41) is 3.01. The summed E-state index contributed by atoms with van der Waals surface area (Å²) < 4.78 is 23.0. The van der Waals surface area contributed by atoms with Crippen LogP contribution in [0.3, 0.4) is 0 Å². The van der Waals surface area contributed by atoms with Crippen molar-refractivity contribution in [3.63, 3.8) is 0 Å². The first-order valence-electron chi connectivity index (χ1n) is 9.38. The molecule has 0 spiro atoms. The third-order valence-electron chi connectivity index (χ3n) is 5.32. The van der Waals surface area contributed by atoms with Gasteiger partial charge in [0.25, 0.3) is 0 Å². The Morgan fingerprint density at radius 1 is 1.31 bits per heavy atom. The molecule has 3 rings (SSSR count). The van der Waals surface area contributed by atoms with Gasteiger partial charge in [0.15, 0.2) is 0 Å². The van der Waals surface area contributed by atoms with Crippen molar-refractivity contribution < 1.29 is 13.2 Å². The molecule has 0 saturated carbocycles. The zero-order valence-corrected chi connectivity index (χ0v) is 16.5. The van der Waals surface area contributed by atoms with Crippen LogP contribution >= 0.6 is 0 Å². The standard InChI is InChI=1S/C19H29N3O3S/c1-15-12-17-7-3-4-8-18(17)22(15)11-9-20-19(23)21-10-5-6-16(13-21)14-26(2,24)25/h3-4,7-8,15-16H,5-6,9-14H2,1-2H3,(H,20,23). The molecule has 0 aliphatic carbocycles. The molecular weight excluding hydrogens is 350 g/mol. The predicted molar refractivity (Wildman–Crippen MR) is 104 cm³/mol. The van der Waals surface area contributed by atoms with Gasteiger partial charge in [-0.15, -0.1) is 0 Å². The minimum absolute atomic E-state index is 0.0509. The van der Waals surface area contributed by atoms with E-state index in [-0.39, 0.29) is 17.7 Å². The number of carbonyl (C=O) groups excluding carboxylic acids is 1. The Kier molecular flexibility index (Phi) is 5.75. The van der Waals surface area contributed by atoms with E-state index in [1.165, 1.54) is 17.5 Å². The lowest BCUT2D eigenvalue weighted by Gasteiger charge is -2.33. The highest BCUT2D eigenvalue weighted by atomic mass is 32.2. The molecule has 1 aromatic carbocycles. The molecule has 144 valence electrons. The molecule has 0 radical (unpaired) electrons. The van der Waals surface area contributed by atoms with Gasteiger partial charge in [0.2, 0.25) is 0 Å². The van der Waals surface area contributed by atoms with Crippen molar-refractivity contribution in [2.75, 3.05) is 43.1 Å². The van der Waals surface area contributed by atoms with Gasteiger partial charge in [-0.2, -0.15) is 0 Å². The number of fused-ring (bicyclic) bond motifs is 1. The molecule has 26 heavy (non-hydrogen) atoms. The van der Waals surface area contributed by atoms with Crippen LogP contribution in [-0.4, -0.2) is 63.6 Å². The average Bonchev–Trinajstić information content (AvgIpc) is 2.89. The number of para-hydroxylation sites is 1. The van der Waals surface area contributed by atoms with Crippen LogP contribution in [0.5, 0.6) is 0 Å². The summed E-state index contributed by atoms with van der Waals surface area (Å²) in [5.74, 6) is 0.216. The Balaban J connectivity index is 1.48. The van der Waals surface area contributed by atoms with Crippen LogP contribution in [0.25, 0.3) is 0 Å². The van der Waals surface area contributed by atoms with E-state index < -0.39 is 9.84 Å². The number of hydrogen-bond acceptors (Lipinski definition) is 4. The third-order valence-corrected chi connectivity index (χ3v) is 6.40. The van der Waals surface area contributed by atoms with Crippen LogP contribution in [0.1, 0.15) is 25.3 Å². The molecule has 2 aliphatic rings. The molecule has 1 fully saturated rings. The zero-order valence-electron chi connectivity index (χ0n) is 15.6. The minimum atomic E-state index is -3.00. The highest BCUT2D eigenvalue weighted by molar-refractivity contribution is 7.90. The number of piperidine rings is 1. The smallest absolute Gasteiger partial charge is 0.317 e. The number of hydrogen-bond donors (Lipinski definition) is 1. The molecule has 6 nitrogen and oxygen atoms in total. The quantitative estimate of drug-likeness (QED) is 0.848. The first-order valence-corrected chi connectivity index (χ1v) is 11.4. The van der Waals surface area contributed by atoms with Crippen molar-refractivity contribution in [1.29, 1.82) is 0 Å². The van der Waals surface area contributed by atoms with E-state index in [1.54, 1.807) is 4.90 Å². The van der Waals surface area contributed by atoms with Gasteiger partial charge in [0.1, 0.15) is 9.84 Å². The number of nitrogens with one attached hydrogen (secondary N) is 1. The van der Waals surface area contributed by atoms with Crippen LogP contribution in [-0.2, 0) is 16.3 Å². The number of nitrogens with zero attached hydrogens (tertiary/aromatic N) is 2. The maximum atomic E-state index is 12.5. The van der Waals surface area contributed by atoms with Gasteiger partial charge in [-0.25, -0.2) is 13.2 Å². The first kappa shape index (κ1) is 19.0. The maximum Gasteiger partial charge on any atom is 0.317 e. The van der Waals surface area contributed by atoms with Crippen LogP contribution in [0.4, 0.5) is 10.5 Å². The number of benzene rings is 1. The highest BCUT2D eigenvalue weighted by Crippen LogP contribution is 2.31. The molecule has 2 heterocycles. The molecule has 2 amide bonds. The first-order chi connectivity index (χ1) is 12.3. The van der Waals surface area contributed by atoms with Crippen molar-refractivity contribution in [3.8, 4) is 0 Å². The van der Waals surface area contributed by atoms with E-state index >= 15 is 0 Å². The molecular formula is C19H29N3O3S. The van der Waals surface area contributed by atoms with Gasteiger partial charge in [-0.1, -0.05) is 18.2 Å². The second-order valence-electron chi connectivity index (χ2n) is 7.65. The van der Waals surface area contributed by atoms with Gasteiger partial charge < -0.3 is 15.1 Å². The lowest BCUT2D eigenvalue weighted by atomic mass is 10.0. The second-order valence-corrected chi connectivity index (χ2v) is 9.84. The van der Waals surface area contributed by atoms with E-state index in [9.17, 15) is 13.2 Å². The Hall–Kier alpha value is -1.76. The normalized spacial score (nSPS) is 23.0. The van der Waals surface area contributed by atoms with Crippen molar-refractivity contribution in [3.05, 3.63) is 29.8 Å². The van der Waals surface area contributed by atoms with Gasteiger partial charge in [-0.05, 0) is 43.7 Å². The Morgan fingerprint density at radius 2 is 2.08 bits per heavy atom. The molecule has 2 unspecified atom stereocenters. The summed E-state index contributed by atoms with van der Waals surface area (Å²) >= 11 is 0. The fraction of sp³-hybridized carbons (Fsp3) is 0.632. The topological polar surface area (TPSA) is 69.7 Å². The average molecular weight is 380 g/mol. The van der Waals surface area contributed by atoms with Gasteiger partial charge >= 0.3 is 6.03 Å². The summed E-state index contributed by atoms with van der Waals surface area (Å²) in [6, 6.07) is 8.79. The maximum absolute atomic E-state index is 12.5. The van der Waals surface area contributed by atoms with Crippen molar-refractivity contribution in [2.45, 2.75) is 32.2 Å². The lowest BCUT2D eigenvalue weighted by Crippen LogP contribution is -2.48. The van der Waals surface area contributed by atoms with Crippen LogP contribution in [0.15, 0.2) is 24.3 Å². The molecule has 1 N–H and O–H groups in total. The molecule has 7 heteroatoms. The number of likely N-dealkylation sites (tertiary alicyclic amines) is 1. The molecule has 0 aromatic heterocycles. The van der Waals surface area contributed by atoms with E-state index in [2.05, 4.69) is 41.4 Å². The predicted octanol–water partition coefficient (Wildman–Crippen LogP) is 1.90. The molecule has 2 aliphatic heterocycles. The van der Waals surface area contributed by atoms with Gasteiger partial charge in [-0.3, -0.25) is 0 Å². The minimum Gasteiger partial charge on any atom is -0.367 e. The van der Waals surface area contributed by atoms with Crippen molar-refractivity contribution in [1.82, 2.24) is 10.2 Å². The SMILES string of the molecule is CC1Cc2ccccc2N1CCNC(=O)N1CCCC(CS(C)(=O)=O)C1. The fourth-order valence-electron chi connectivity index (χ4n) is 4.18. The summed E-state index contributed by atoms with van der Waals surface area (Å²) in [4.78, 5) is 16.6. The van der Waals surface area contributed by atoms with Crippen LogP contribution in [0, 0.1) is 5.92 Å². The molecule has 0 bridgehead atoms. The summed E-state index contributed by atoms with van der Waals surface area (Å²) in [6.07, 6.45) is 4.05. The Labute approximate surface area is 156 Å². The second kappa shape index (κ2) is 7.86. The molecule has 1 saturated heterocycles. The van der Waals surface area contributed by atoms with E-state index in [4.69, 9.17) is 0 Å². The van der Waals surface area contributed by atoms with Crippen LogP contribution in [0.2, 0.25) is 0 Å². The number of rotatable bonds is 5. The van der Waals surface area contributed by atoms with E-state index in [1.807, 2.05) is 0 Å². The Morgan fingerprint density at radius 3 is 2.85 bits per heavy atom. The fourth-order valence-corrected chi connectivity index (χ4v) is 5.31. The van der Waals surface area contributed by atoms with E-state index in [0.717, 1.165) is 25.8 Å². The number of anilines is 1. The van der Waals surface area contributed by atoms with Crippen molar-refractivity contribution >= 4 is 21.6 Å². The number of urea groups is 1. The Bertz CT molecular complexity index is 750. The van der Waals surface area contributed by atoms with Gasteiger partial charge in [0.05, 0.1) is 5.75 Å². The summed E-state index contributed by atoms with van der Waals surface area (Å²) in [7, 11) is -3.00. The van der Waals surface area contributed by atoms with Crippen molar-refractivity contribution in [2.24, 2.45) is 5.92 Å². The van der Waals surface area contributed by atoms with E-state index in [0.29, 0.717) is 25.7 Å². The zero-order chi connectivity index (χ0) is 18.7. The largest absolute Gasteiger partial charge is 0.367 e. The third kappa shape index (κ3) is 4.69. The highest BCUT2D eigenvalue weighted by Gasteiger charge is 2.27. The number of amides is 2. The summed E-state index contributed by atoms with van der Waals surface area (Å²) in [5.41, 5.74) is 2.63. The number of carbonyl (C=O) groups is 1. The molecule has 2 atom stereocenters. The summed E-state index contributed by atoms with van der Waals surface area (Å²) in [6.45, 7) is 4.81. The number of sulfone groups is 1. The van der Waals surface area contributed by atoms with Crippen LogP contribution < -0.4 is 10.2 Å². The molecule has 1 aromatic rings.